The summed E-state index contributed by atoms with van der Waals surface area (Å²) in [6, 6.07) is 7.71. The van der Waals surface area contributed by atoms with Crippen LogP contribution in [0.15, 0.2) is 24.3 Å². The summed E-state index contributed by atoms with van der Waals surface area (Å²) in [4.78, 5) is 13.0. The minimum Gasteiger partial charge on any atom is -0.321 e. The molecular weight excluding hydrogens is 338 g/mol. The summed E-state index contributed by atoms with van der Waals surface area (Å²) in [7, 11) is 0. The molecule has 0 aliphatic rings. The second-order valence-corrected chi connectivity index (χ2v) is 6.76. The van der Waals surface area contributed by atoms with E-state index in [4.69, 9.17) is 0 Å². The Morgan fingerprint density at radius 3 is 2.70 bits per heavy atom. The number of amides is 1. The van der Waals surface area contributed by atoms with Crippen molar-refractivity contribution in [1.29, 1.82) is 0 Å². The molecule has 106 valence electrons. The third-order valence-electron chi connectivity index (χ3n) is 2.81. The number of benzene rings is 1. The maximum Gasteiger partial charge on any atom is 0.269 e. The van der Waals surface area contributed by atoms with Crippen LogP contribution in [0.3, 0.4) is 0 Å². The topological polar surface area (TPSA) is 54.9 Å². The van der Waals surface area contributed by atoms with Gasteiger partial charge in [0.1, 0.15) is 4.88 Å². The lowest BCUT2D eigenvalue weighted by Crippen LogP contribution is -2.20. The van der Waals surface area contributed by atoms with Gasteiger partial charge in [-0.05, 0) is 23.2 Å². The lowest BCUT2D eigenvalue weighted by Gasteiger charge is -2.16. The summed E-state index contributed by atoms with van der Waals surface area (Å²) >= 11 is 4.55. The number of carbonyl (C=O) groups is 1. The van der Waals surface area contributed by atoms with E-state index in [9.17, 15) is 4.79 Å². The van der Waals surface area contributed by atoms with E-state index in [0.717, 1.165) is 28.5 Å². The van der Waals surface area contributed by atoms with Gasteiger partial charge in [0.15, 0.2) is 0 Å². The highest BCUT2D eigenvalue weighted by Gasteiger charge is 2.26. The number of nitrogens with one attached hydrogen (secondary N) is 1. The van der Waals surface area contributed by atoms with E-state index < -0.39 is 0 Å². The Hall–Kier alpha value is -1.27. The Morgan fingerprint density at radius 1 is 1.35 bits per heavy atom. The third-order valence-corrected chi connectivity index (χ3v) is 4.14. The summed E-state index contributed by atoms with van der Waals surface area (Å²) in [6.45, 7) is 6.06. The van der Waals surface area contributed by atoms with E-state index in [1.807, 2.05) is 45.0 Å². The van der Waals surface area contributed by atoms with E-state index in [0.29, 0.717) is 10.2 Å². The number of aromatic nitrogens is 2. The van der Waals surface area contributed by atoms with E-state index >= 15 is 0 Å². The molecule has 1 aromatic carbocycles. The van der Waals surface area contributed by atoms with Crippen molar-refractivity contribution in [2.45, 2.75) is 31.5 Å². The summed E-state index contributed by atoms with van der Waals surface area (Å²) in [5, 5.41) is 7.72. The van der Waals surface area contributed by atoms with Crippen LogP contribution in [0.25, 0.3) is 0 Å². The molecule has 0 radical (unpaired) electrons. The summed E-state index contributed by atoms with van der Waals surface area (Å²) < 4.78 is 3.92. The molecule has 2 rings (SSSR count). The fourth-order valence-electron chi connectivity index (χ4n) is 1.77. The largest absolute Gasteiger partial charge is 0.321 e. The van der Waals surface area contributed by atoms with Crippen molar-refractivity contribution >= 4 is 39.1 Å². The van der Waals surface area contributed by atoms with Gasteiger partial charge in [-0.3, -0.25) is 4.79 Å². The van der Waals surface area contributed by atoms with Crippen molar-refractivity contribution < 1.29 is 4.79 Å². The van der Waals surface area contributed by atoms with Crippen molar-refractivity contribution in [3.05, 3.63) is 40.4 Å². The number of alkyl halides is 1. The second kappa shape index (κ2) is 6.01. The van der Waals surface area contributed by atoms with Crippen molar-refractivity contribution in [1.82, 2.24) is 9.59 Å². The highest BCUT2D eigenvalue weighted by molar-refractivity contribution is 9.08. The van der Waals surface area contributed by atoms with Crippen LogP contribution >= 0.6 is 27.5 Å². The number of rotatable bonds is 3. The lowest BCUT2D eigenvalue weighted by molar-refractivity contribution is 0.102. The SMILES string of the molecule is CC(C)(C)c1nnsc1C(=O)Nc1ccccc1CBr. The van der Waals surface area contributed by atoms with E-state index in [2.05, 4.69) is 30.8 Å². The van der Waals surface area contributed by atoms with Crippen LogP contribution in [0.2, 0.25) is 0 Å². The van der Waals surface area contributed by atoms with Crippen LogP contribution < -0.4 is 5.32 Å². The minimum atomic E-state index is -0.200. The Morgan fingerprint density at radius 2 is 2.05 bits per heavy atom. The van der Waals surface area contributed by atoms with E-state index in [1.54, 1.807) is 0 Å². The highest BCUT2D eigenvalue weighted by Crippen LogP contribution is 2.27. The number of hydrogen-bond acceptors (Lipinski definition) is 4. The maximum absolute atomic E-state index is 12.4. The number of halogens is 1. The summed E-state index contributed by atoms with van der Waals surface area (Å²) in [6.07, 6.45) is 0. The molecule has 0 saturated carbocycles. The Kier molecular flexibility index (Phi) is 4.55. The van der Waals surface area contributed by atoms with Crippen molar-refractivity contribution in [2.24, 2.45) is 0 Å². The zero-order valence-electron chi connectivity index (χ0n) is 11.6. The monoisotopic (exact) mass is 353 g/mol. The number of hydrogen-bond donors (Lipinski definition) is 1. The van der Waals surface area contributed by atoms with Gasteiger partial charge in [-0.25, -0.2) is 0 Å². The van der Waals surface area contributed by atoms with E-state index in [-0.39, 0.29) is 11.3 Å². The fourth-order valence-corrected chi connectivity index (χ4v) is 3.03. The molecule has 0 atom stereocenters. The smallest absolute Gasteiger partial charge is 0.269 e. The van der Waals surface area contributed by atoms with Gasteiger partial charge in [-0.2, -0.15) is 0 Å². The fraction of sp³-hybridized carbons (Fsp3) is 0.357. The third kappa shape index (κ3) is 3.24. The number of nitrogens with zero attached hydrogens (tertiary/aromatic N) is 2. The van der Waals surface area contributed by atoms with Crippen LogP contribution in [0.5, 0.6) is 0 Å². The molecular formula is C14H16BrN3OS. The molecule has 0 spiro atoms. The molecule has 0 unspecified atom stereocenters. The molecule has 20 heavy (non-hydrogen) atoms. The van der Waals surface area contributed by atoms with Crippen molar-refractivity contribution in [2.75, 3.05) is 5.32 Å². The molecule has 0 fully saturated rings. The summed E-state index contributed by atoms with van der Waals surface area (Å²) in [5.74, 6) is -0.154. The lowest BCUT2D eigenvalue weighted by atomic mass is 9.91. The van der Waals surface area contributed by atoms with Gasteiger partial charge in [-0.1, -0.05) is 59.4 Å². The number of carbonyl (C=O) groups excluding carboxylic acids is 1. The van der Waals surface area contributed by atoms with Crippen molar-refractivity contribution in [3.8, 4) is 0 Å². The highest BCUT2D eigenvalue weighted by atomic mass is 79.9. The quantitative estimate of drug-likeness (QED) is 0.849. The van der Waals surface area contributed by atoms with Gasteiger partial charge in [0.25, 0.3) is 5.91 Å². The number of anilines is 1. The molecule has 4 nitrogen and oxygen atoms in total. The van der Waals surface area contributed by atoms with E-state index in [1.165, 1.54) is 0 Å². The van der Waals surface area contributed by atoms with Crippen LogP contribution in [0, 0.1) is 0 Å². The molecule has 1 heterocycles. The van der Waals surface area contributed by atoms with Gasteiger partial charge < -0.3 is 5.32 Å². The Bertz CT molecular complexity index is 619. The standard InChI is InChI=1S/C14H16BrN3OS/c1-14(2,3)12-11(20-18-17-12)13(19)16-10-7-5-4-6-9(10)8-15/h4-7H,8H2,1-3H3,(H,16,19). The van der Waals surface area contributed by atoms with Gasteiger partial charge >= 0.3 is 0 Å². The molecule has 2 aromatic rings. The molecule has 1 amide bonds. The predicted octanol–water partition coefficient (Wildman–Crippen LogP) is 3.98. The molecule has 1 N–H and O–H groups in total. The minimum absolute atomic E-state index is 0.154. The Balaban J connectivity index is 2.27. The average Bonchev–Trinajstić information content (AvgIpc) is 2.88. The van der Waals surface area contributed by atoms with Crippen LogP contribution in [-0.4, -0.2) is 15.5 Å². The molecule has 0 aliphatic carbocycles. The molecule has 0 bridgehead atoms. The predicted molar refractivity (Wildman–Crippen MR) is 85.6 cm³/mol. The van der Waals surface area contributed by atoms with Crippen molar-refractivity contribution in [3.63, 3.8) is 0 Å². The van der Waals surface area contributed by atoms with Gasteiger partial charge in [-0.15, -0.1) is 5.10 Å². The normalized spacial score (nSPS) is 11.4. The second-order valence-electron chi connectivity index (χ2n) is 5.45. The first-order valence-corrected chi connectivity index (χ1v) is 8.11. The van der Waals surface area contributed by atoms with Gasteiger partial charge in [0, 0.05) is 16.4 Å². The molecule has 6 heteroatoms. The first-order chi connectivity index (χ1) is 9.43. The zero-order valence-corrected chi connectivity index (χ0v) is 14.0. The van der Waals surface area contributed by atoms with Crippen LogP contribution in [0.4, 0.5) is 5.69 Å². The Labute approximate surface area is 130 Å². The first kappa shape index (κ1) is 15.1. The van der Waals surface area contributed by atoms with Gasteiger partial charge in [0.2, 0.25) is 0 Å². The zero-order chi connectivity index (χ0) is 14.8. The molecule has 1 aromatic heterocycles. The molecule has 0 aliphatic heterocycles. The first-order valence-electron chi connectivity index (χ1n) is 6.21. The summed E-state index contributed by atoms with van der Waals surface area (Å²) in [5.41, 5.74) is 2.38. The van der Waals surface area contributed by atoms with Crippen LogP contribution in [0.1, 0.15) is 41.7 Å². The number of para-hydroxylation sites is 1. The molecule has 0 saturated heterocycles. The maximum atomic E-state index is 12.4. The van der Waals surface area contributed by atoms with Crippen LogP contribution in [-0.2, 0) is 10.7 Å². The van der Waals surface area contributed by atoms with Gasteiger partial charge in [0.05, 0.1) is 5.69 Å². The average molecular weight is 354 g/mol.